The lowest BCUT2D eigenvalue weighted by molar-refractivity contribution is 0.404. The number of ether oxygens (including phenoxy) is 2. The number of methoxy groups -OCH3 is 1. The highest BCUT2D eigenvalue weighted by Crippen LogP contribution is 2.22. The molecule has 2 rings (SSSR count). The van der Waals surface area contributed by atoms with Crippen LogP contribution in [0.2, 0.25) is 0 Å². The lowest BCUT2D eigenvalue weighted by Crippen LogP contribution is -2.19. The molecule has 112 valence electrons. The summed E-state index contributed by atoms with van der Waals surface area (Å²) in [6.07, 6.45) is 3.55. The molecule has 1 heterocycles. The van der Waals surface area contributed by atoms with Gasteiger partial charge in [-0.25, -0.2) is 9.97 Å². The summed E-state index contributed by atoms with van der Waals surface area (Å²) in [6.45, 7) is 6.09. The lowest BCUT2D eigenvalue weighted by Gasteiger charge is -2.08. The van der Waals surface area contributed by atoms with Gasteiger partial charge >= 0.3 is 6.01 Å². The number of nitrogens with one attached hydrogen (secondary N) is 1. The summed E-state index contributed by atoms with van der Waals surface area (Å²) in [5.41, 5.74) is 1.04. The third-order valence-corrected chi connectivity index (χ3v) is 2.81. The van der Waals surface area contributed by atoms with Gasteiger partial charge in [0.1, 0.15) is 11.5 Å². The number of benzene rings is 1. The van der Waals surface area contributed by atoms with Crippen LogP contribution in [-0.4, -0.2) is 23.6 Å². The van der Waals surface area contributed by atoms with Crippen LogP contribution in [0.3, 0.4) is 0 Å². The van der Waals surface area contributed by atoms with Gasteiger partial charge in [0.15, 0.2) is 0 Å². The maximum Gasteiger partial charge on any atom is 0.321 e. The zero-order valence-electron chi connectivity index (χ0n) is 12.7. The SMILES string of the molecule is COc1cccc(Oc2ncc(CNCC(C)C)cn2)c1. The Bertz CT molecular complexity index is 556. The van der Waals surface area contributed by atoms with E-state index < -0.39 is 0 Å². The van der Waals surface area contributed by atoms with Crippen LogP contribution in [0.1, 0.15) is 19.4 Å². The van der Waals surface area contributed by atoms with E-state index in [1.807, 2.05) is 18.2 Å². The second-order valence-corrected chi connectivity index (χ2v) is 5.18. The topological polar surface area (TPSA) is 56.3 Å². The minimum Gasteiger partial charge on any atom is -0.497 e. The third kappa shape index (κ3) is 5.04. The minimum atomic E-state index is 0.330. The Kier molecular flexibility index (Phi) is 5.51. The molecule has 0 radical (unpaired) electrons. The number of hydrogen-bond donors (Lipinski definition) is 1. The summed E-state index contributed by atoms with van der Waals surface area (Å²) >= 11 is 0. The summed E-state index contributed by atoms with van der Waals surface area (Å²) in [6, 6.07) is 7.68. The monoisotopic (exact) mass is 287 g/mol. The molecule has 0 fully saturated rings. The number of hydrogen-bond acceptors (Lipinski definition) is 5. The maximum atomic E-state index is 5.60. The van der Waals surface area contributed by atoms with Crippen molar-refractivity contribution in [1.82, 2.24) is 15.3 Å². The summed E-state index contributed by atoms with van der Waals surface area (Å²) in [5, 5.41) is 3.35. The molecule has 0 amide bonds. The van der Waals surface area contributed by atoms with Crippen molar-refractivity contribution in [3.8, 4) is 17.5 Å². The molecule has 0 saturated heterocycles. The van der Waals surface area contributed by atoms with Crippen molar-refractivity contribution in [2.45, 2.75) is 20.4 Å². The molecular formula is C16H21N3O2. The Morgan fingerprint density at radius 1 is 1.14 bits per heavy atom. The van der Waals surface area contributed by atoms with Gasteiger partial charge < -0.3 is 14.8 Å². The standard InChI is InChI=1S/C16H21N3O2/c1-12(2)8-17-9-13-10-18-16(19-11-13)21-15-6-4-5-14(7-15)20-3/h4-7,10-12,17H,8-9H2,1-3H3. The Labute approximate surface area is 125 Å². The molecule has 1 aromatic heterocycles. The van der Waals surface area contributed by atoms with Crippen molar-refractivity contribution in [1.29, 1.82) is 0 Å². The van der Waals surface area contributed by atoms with E-state index in [1.54, 1.807) is 25.6 Å². The summed E-state index contributed by atoms with van der Waals surface area (Å²) in [7, 11) is 1.62. The van der Waals surface area contributed by atoms with E-state index in [2.05, 4.69) is 29.1 Å². The van der Waals surface area contributed by atoms with Gasteiger partial charge in [0, 0.05) is 30.6 Å². The van der Waals surface area contributed by atoms with Gasteiger partial charge in [-0.1, -0.05) is 19.9 Å². The normalized spacial score (nSPS) is 10.7. The number of rotatable bonds is 7. The molecule has 0 unspecified atom stereocenters. The van der Waals surface area contributed by atoms with Gasteiger partial charge in [0.25, 0.3) is 0 Å². The summed E-state index contributed by atoms with van der Waals surface area (Å²) in [5.74, 6) is 2.02. The van der Waals surface area contributed by atoms with Gasteiger partial charge in [-0.2, -0.15) is 0 Å². The van der Waals surface area contributed by atoms with Crippen molar-refractivity contribution in [2.24, 2.45) is 5.92 Å². The Morgan fingerprint density at radius 3 is 2.52 bits per heavy atom. The number of nitrogens with zero attached hydrogens (tertiary/aromatic N) is 2. The first-order chi connectivity index (χ1) is 10.2. The quantitative estimate of drug-likeness (QED) is 0.848. The molecule has 0 aliphatic heterocycles. The van der Waals surface area contributed by atoms with Crippen LogP contribution < -0.4 is 14.8 Å². The van der Waals surface area contributed by atoms with Gasteiger partial charge in [0.05, 0.1) is 7.11 Å². The van der Waals surface area contributed by atoms with Crippen LogP contribution >= 0.6 is 0 Å². The smallest absolute Gasteiger partial charge is 0.321 e. The molecule has 5 heteroatoms. The Hall–Kier alpha value is -2.14. The van der Waals surface area contributed by atoms with Crippen LogP contribution in [0, 0.1) is 5.92 Å². The van der Waals surface area contributed by atoms with Crippen molar-refractivity contribution in [3.63, 3.8) is 0 Å². The molecule has 2 aromatic rings. The molecule has 0 aliphatic rings. The molecule has 0 atom stereocenters. The van der Waals surface area contributed by atoms with Crippen LogP contribution in [0.25, 0.3) is 0 Å². The Morgan fingerprint density at radius 2 is 1.86 bits per heavy atom. The summed E-state index contributed by atoms with van der Waals surface area (Å²) < 4.78 is 10.7. The molecule has 5 nitrogen and oxygen atoms in total. The molecule has 1 aromatic carbocycles. The fraction of sp³-hybridized carbons (Fsp3) is 0.375. The van der Waals surface area contributed by atoms with E-state index >= 15 is 0 Å². The molecule has 0 saturated carbocycles. The first-order valence-electron chi connectivity index (χ1n) is 7.01. The van der Waals surface area contributed by atoms with Crippen molar-refractivity contribution < 1.29 is 9.47 Å². The second kappa shape index (κ2) is 7.59. The molecular weight excluding hydrogens is 266 g/mol. The van der Waals surface area contributed by atoms with E-state index in [0.29, 0.717) is 17.7 Å². The first-order valence-corrected chi connectivity index (χ1v) is 7.01. The van der Waals surface area contributed by atoms with Gasteiger partial charge in [-0.05, 0) is 24.6 Å². The number of aromatic nitrogens is 2. The third-order valence-electron chi connectivity index (χ3n) is 2.81. The van der Waals surface area contributed by atoms with Gasteiger partial charge in [-0.3, -0.25) is 0 Å². The van der Waals surface area contributed by atoms with Crippen molar-refractivity contribution >= 4 is 0 Å². The fourth-order valence-electron chi connectivity index (χ4n) is 1.76. The van der Waals surface area contributed by atoms with Crippen LogP contribution in [0.4, 0.5) is 0 Å². The van der Waals surface area contributed by atoms with E-state index in [0.717, 1.165) is 24.4 Å². The predicted molar refractivity (Wildman–Crippen MR) is 81.6 cm³/mol. The highest BCUT2D eigenvalue weighted by molar-refractivity contribution is 5.34. The zero-order chi connectivity index (χ0) is 15.1. The maximum absolute atomic E-state index is 5.60. The van der Waals surface area contributed by atoms with Gasteiger partial charge in [-0.15, -0.1) is 0 Å². The average molecular weight is 287 g/mol. The van der Waals surface area contributed by atoms with E-state index in [9.17, 15) is 0 Å². The largest absolute Gasteiger partial charge is 0.497 e. The van der Waals surface area contributed by atoms with Crippen molar-refractivity contribution in [2.75, 3.05) is 13.7 Å². The molecule has 0 bridgehead atoms. The molecule has 0 aliphatic carbocycles. The highest BCUT2D eigenvalue weighted by Gasteiger charge is 2.03. The average Bonchev–Trinajstić information content (AvgIpc) is 2.49. The highest BCUT2D eigenvalue weighted by atomic mass is 16.5. The Balaban J connectivity index is 1.92. The second-order valence-electron chi connectivity index (χ2n) is 5.18. The van der Waals surface area contributed by atoms with Crippen molar-refractivity contribution in [3.05, 3.63) is 42.2 Å². The van der Waals surface area contributed by atoms with Gasteiger partial charge in [0.2, 0.25) is 0 Å². The predicted octanol–water partition coefficient (Wildman–Crippen LogP) is 3.02. The zero-order valence-corrected chi connectivity index (χ0v) is 12.7. The fourth-order valence-corrected chi connectivity index (χ4v) is 1.76. The minimum absolute atomic E-state index is 0.330. The lowest BCUT2D eigenvalue weighted by atomic mass is 10.2. The van der Waals surface area contributed by atoms with E-state index in [-0.39, 0.29) is 0 Å². The van der Waals surface area contributed by atoms with E-state index in [4.69, 9.17) is 9.47 Å². The molecule has 1 N–H and O–H groups in total. The molecule has 21 heavy (non-hydrogen) atoms. The van der Waals surface area contributed by atoms with E-state index in [1.165, 1.54) is 0 Å². The molecule has 0 spiro atoms. The van der Waals surface area contributed by atoms with Crippen LogP contribution in [-0.2, 0) is 6.54 Å². The summed E-state index contributed by atoms with van der Waals surface area (Å²) in [4.78, 5) is 8.43. The first kappa shape index (κ1) is 15.3. The van der Waals surface area contributed by atoms with Crippen LogP contribution in [0.15, 0.2) is 36.7 Å². The van der Waals surface area contributed by atoms with Crippen LogP contribution in [0.5, 0.6) is 17.5 Å².